The Labute approximate surface area is 88.2 Å². The summed E-state index contributed by atoms with van der Waals surface area (Å²) in [5.41, 5.74) is 2.09. The predicted octanol–water partition coefficient (Wildman–Crippen LogP) is 3.12. The average molecular weight is 204 g/mol. The van der Waals surface area contributed by atoms with Crippen molar-refractivity contribution in [2.75, 3.05) is 5.75 Å². The van der Waals surface area contributed by atoms with E-state index in [-0.39, 0.29) is 0 Å². The van der Waals surface area contributed by atoms with Crippen LogP contribution in [-0.4, -0.2) is 11.5 Å². The van der Waals surface area contributed by atoms with Crippen LogP contribution in [0.15, 0.2) is 35.9 Å². The Morgan fingerprint density at radius 3 is 2.64 bits per heavy atom. The number of carbonyl (C=O) groups excluding carboxylic acids is 1. The molecule has 0 atom stereocenters. The van der Waals surface area contributed by atoms with Crippen LogP contribution in [0.5, 0.6) is 0 Å². The lowest BCUT2D eigenvalue weighted by Gasteiger charge is -2.16. The summed E-state index contributed by atoms with van der Waals surface area (Å²) < 4.78 is 0. The molecule has 0 bridgehead atoms. The Balaban J connectivity index is 2.43. The van der Waals surface area contributed by atoms with E-state index < -0.39 is 0 Å². The molecule has 0 radical (unpaired) electrons. The number of ketones is 1. The second kappa shape index (κ2) is 4.01. The van der Waals surface area contributed by atoms with E-state index in [4.69, 9.17) is 0 Å². The third kappa shape index (κ3) is 1.75. The van der Waals surface area contributed by atoms with Crippen LogP contribution in [0.25, 0.3) is 4.91 Å². The number of benzene rings is 1. The van der Waals surface area contributed by atoms with Crippen molar-refractivity contribution < 1.29 is 4.79 Å². The number of rotatable bonds is 1. The molecule has 0 saturated heterocycles. The summed E-state index contributed by atoms with van der Waals surface area (Å²) in [7, 11) is 0. The predicted molar refractivity (Wildman–Crippen MR) is 61.1 cm³/mol. The smallest absolute Gasteiger partial charge is 0.160 e. The monoisotopic (exact) mass is 204 g/mol. The second-order valence-electron chi connectivity index (χ2n) is 3.34. The Morgan fingerprint density at radius 2 is 1.93 bits per heavy atom. The summed E-state index contributed by atoms with van der Waals surface area (Å²) in [5, 5.41) is 0. The highest BCUT2D eigenvalue weighted by Gasteiger charge is 2.17. The number of carbonyl (C=O) groups is 1. The van der Waals surface area contributed by atoms with Gasteiger partial charge in [-0.15, -0.1) is 11.8 Å². The molecule has 0 aliphatic carbocycles. The minimum Gasteiger partial charge on any atom is -0.294 e. The van der Waals surface area contributed by atoms with Crippen molar-refractivity contribution in [1.29, 1.82) is 0 Å². The van der Waals surface area contributed by atoms with Crippen molar-refractivity contribution in [3.8, 4) is 0 Å². The summed E-state index contributed by atoms with van der Waals surface area (Å²) in [4.78, 5) is 12.7. The molecule has 14 heavy (non-hydrogen) atoms. The maximum atomic E-state index is 11.5. The summed E-state index contributed by atoms with van der Waals surface area (Å²) in [6.45, 7) is 1.93. The van der Waals surface area contributed by atoms with Crippen molar-refractivity contribution in [2.45, 2.75) is 13.3 Å². The number of allylic oxidation sites excluding steroid dienone is 1. The highest BCUT2D eigenvalue weighted by molar-refractivity contribution is 8.08. The lowest BCUT2D eigenvalue weighted by Crippen LogP contribution is -2.08. The molecule has 0 unspecified atom stereocenters. The Hall–Kier alpha value is -1.02. The van der Waals surface area contributed by atoms with Crippen molar-refractivity contribution in [3.63, 3.8) is 0 Å². The molecular weight excluding hydrogens is 192 g/mol. The van der Waals surface area contributed by atoms with E-state index in [2.05, 4.69) is 12.1 Å². The Kier molecular flexibility index (Phi) is 2.73. The van der Waals surface area contributed by atoms with E-state index in [1.54, 1.807) is 11.8 Å². The molecule has 72 valence electrons. The van der Waals surface area contributed by atoms with Gasteiger partial charge in [0.25, 0.3) is 0 Å². The first kappa shape index (κ1) is 9.53. The van der Waals surface area contributed by atoms with Gasteiger partial charge in [0, 0.05) is 22.7 Å². The first-order valence-electron chi connectivity index (χ1n) is 4.71. The van der Waals surface area contributed by atoms with Crippen LogP contribution >= 0.6 is 11.8 Å². The summed E-state index contributed by atoms with van der Waals surface area (Å²) in [6, 6.07) is 10.1. The van der Waals surface area contributed by atoms with Crippen LogP contribution in [0.1, 0.15) is 18.9 Å². The van der Waals surface area contributed by atoms with E-state index in [9.17, 15) is 4.79 Å². The van der Waals surface area contributed by atoms with Crippen LogP contribution in [0.3, 0.4) is 0 Å². The summed E-state index contributed by atoms with van der Waals surface area (Å²) >= 11 is 1.79. The first-order chi connectivity index (χ1) is 6.79. The molecular formula is C12H12OS. The number of hydrogen-bond acceptors (Lipinski definition) is 2. The molecule has 1 heterocycles. The SMILES string of the molecule is CC1=C(c2ccccc2)SCCC1=O. The fourth-order valence-corrected chi connectivity index (χ4v) is 2.68. The third-order valence-corrected chi connectivity index (χ3v) is 3.61. The molecule has 2 heteroatoms. The quantitative estimate of drug-likeness (QED) is 0.699. The molecule has 0 amide bonds. The lowest BCUT2D eigenvalue weighted by atomic mass is 10.1. The zero-order valence-electron chi connectivity index (χ0n) is 8.12. The Morgan fingerprint density at radius 1 is 1.21 bits per heavy atom. The van der Waals surface area contributed by atoms with Crippen molar-refractivity contribution in [1.82, 2.24) is 0 Å². The van der Waals surface area contributed by atoms with Gasteiger partial charge >= 0.3 is 0 Å². The largest absolute Gasteiger partial charge is 0.294 e. The van der Waals surface area contributed by atoms with Crippen molar-refractivity contribution in [3.05, 3.63) is 41.5 Å². The van der Waals surface area contributed by atoms with Gasteiger partial charge in [-0.05, 0) is 12.5 Å². The van der Waals surface area contributed by atoms with E-state index in [0.29, 0.717) is 12.2 Å². The van der Waals surface area contributed by atoms with Crippen LogP contribution in [0, 0.1) is 0 Å². The van der Waals surface area contributed by atoms with Gasteiger partial charge in [-0.3, -0.25) is 4.79 Å². The minimum absolute atomic E-state index is 0.294. The highest BCUT2D eigenvalue weighted by Crippen LogP contribution is 2.35. The minimum atomic E-state index is 0.294. The molecule has 1 aliphatic rings. The van der Waals surface area contributed by atoms with Crippen LogP contribution in [0.4, 0.5) is 0 Å². The standard InChI is InChI=1S/C12H12OS/c1-9-11(13)7-8-14-12(9)10-5-3-2-4-6-10/h2-6H,7-8H2,1H3. The molecule has 1 nitrogen and oxygen atoms in total. The fourth-order valence-electron chi connectivity index (χ4n) is 1.56. The van der Waals surface area contributed by atoms with E-state index in [1.807, 2.05) is 25.1 Å². The zero-order chi connectivity index (χ0) is 9.97. The molecule has 1 aromatic rings. The maximum Gasteiger partial charge on any atom is 0.160 e. The molecule has 0 aromatic heterocycles. The van der Waals surface area contributed by atoms with Gasteiger partial charge in [-0.2, -0.15) is 0 Å². The fraction of sp³-hybridized carbons (Fsp3) is 0.250. The molecule has 1 aliphatic heterocycles. The lowest BCUT2D eigenvalue weighted by molar-refractivity contribution is -0.115. The van der Waals surface area contributed by atoms with E-state index in [1.165, 1.54) is 5.56 Å². The maximum absolute atomic E-state index is 11.5. The molecule has 0 saturated carbocycles. The second-order valence-corrected chi connectivity index (χ2v) is 4.45. The summed E-state index contributed by atoms with van der Waals surface area (Å²) in [6.07, 6.45) is 0.687. The highest BCUT2D eigenvalue weighted by atomic mass is 32.2. The van der Waals surface area contributed by atoms with Gasteiger partial charge in [0.1, 0.15) is 0 Å². The molecule has 0 spiro atoms. The zero-order valence-corrected chi connectivity index (χ0v) is 8.93. The van der Waals surface area contributed by atoms with Gasteiger partial charge in [0.05, 0.1) is 0 Å². The van der Waals surface area contributed by atoms with Crippen LogP contribution in [0.2, 0.25) is 0 Å². The number of hydrogen-bond donors (Lipinski definition) is 0. The van der Waals surface area contributed by atoms with Crippen LogP contribution < -0.4 is 0 Å². The van der Waals surface area contributed by atoms with E-state index in [0.717, 1.165) is 16.2 Å². The van der Waals surface area contributed by atoms with Gasteiger partial charge < -0.3 is 0 Å². The Bertz CT molecular complexity index is 379. The number of thioether (sulfide) groups is 1. The van der Waals surface area contributed by atoms with Gasteiger partial charge in [-0.1, -0.05) is 30.3 Å². The molecule has 2 rings (SSSR count). The summed E-state index contributed by atoms with van der Waals surface area (Å²) in [5.74, 6) is 1.21. The van der Waals surface area contributed by atoms with Gasteiger partial charge in [0.15, 0.2) is 5.78 Å². The number of Topliss-reactive ketones (excluding diaryl/α,β-unsaturated/α-hetero) is 1. The average Bonchev–Trinajstić information content (AvgIpc) is 2.23. The normalized spacial score (nSPS) is 17.4. The van der Waals surface area contributed by atoms with Crippen molar-refractivity contribution >= 4 is 22.5 Å². The third-order valence-electron chi connectivity index (χ3n) is 2.37. The molecule has 0 N–H and O–H groups in total. The molecule has 1 aromatic carbocycles. The van der Waals surface area contributed by atoms with Gasteiger partial charge in [-0.25, -0.2) is 0 Å². The first-order valence-corrected chi connectivity index (χ1v) is 5.70. The van der Waals surface area contributed by atoms with E-state index >= 15 is 0 Å². The van der Waals surface area contributed by atoms with Crippen LogP contribution in [-0.2, 0) is 4.79 Å². The van der Waals surface area contributed by atoms with Crippen molar-refractivity contribution in [2.24, 2.45) is 0 Å². The van der Waals surface area contributed by atoms with Gasteiger partial charge in [0.2, 0.25) is 0 Å². The topological polar surface area (TPSA) is 17.1 Å². The molecule has 0 fully saturated rings.